The Morgan fingerprint density at radius 1 is 1.18 bits per heavy atom. The van der Waals surface area contributed by atoms with Crippen molar-refractivity contribution < 1.29 is 4.74 Å². The molecule has 2 rings (SSSR count). The monoisotopic (exact) mass is 237 g/mol. The van der Waals surface area contributed by atoms with E-state index in [1.165, 1.54) is 11.1 Å². The van der Waals surface area contributed by atoms with E-state index in [-0.39, 0.29) is 0 Å². The zero-order valence-corrected chi connectivity index (χ0v) is 12.0. The number of hydrogen-bond donors (Lipinski definition) is 1. The van der Waals surface area contributed by atoms with Crippen LogP contribution in [0.2, 0.25) is 0 Å². The minimum absolute atomic E-state index is 0.754. The summed E-state index contributed by atoms with van der Waals surface area (Å²) in [6, 6.07) is 6.30. The van der Waals surface area contributed by atoms with E-state index in [4.69, 9.17) is 4.74 Å². The van der Waals surface area contributed by atoms with Gasteiger partial charge in [0.25, 0.3) is 0 Å². The zero-order chi connectivity index (χ0) is 13.1. The van der Waals surface area contributed by atoms with E-state index in [2.05, 4.69) is 23.5 Å². The molecule has 0 bridgehead atoms. The van der Waals surface area contributed by atoms with Gasteiger partial charge in [0.05, 0.1) is 6.61 Å². The second kappa shape index (κ2) is 10.2. The predicted octanol–water partition coefficient (Wildman–Crippen LogP) is 3.78. The van der Waals surface area contributed by atoms with E-state index in [0.29, 0.717) is 0 Å². The van der Waals surface area contributed by atoms with Gasteiger partial charge < -0.3 is 10.1 Å². The Bertz CT molecular complexity index is 297. The normalized spacial score (nSPS) is 12.3. The summed E-state index contributed by atoms with van der Waals surface area (Å²) in [5.74, 6) is 1.07. The van der Waals surface area contributed by atoms with Gasteiger partial charge in [0.1, 0.15) is 5.75 Å². The first-order chi connectivity index (χ1) is 8.42. The predicted molar refractivity (Wildman–Crippen MR) is 75.7 cm³/mol. The molecule has 1 aliphatic heterocycles. The fourth-order valence-corrected chi connectivity index (χ4v) is 1.79. The van der Waals surface area contributed by atoms with Gasteiger partial charge in [-0.05, 0) is 37.1 Å². The summed E-state index contributed by atoms with van der Waals surface area (Å²) < 4.78 is 5.58. The summed E-state index contributed by atoms with van der Waals surface area (Å²) in [5.41, 5.74) is 2.78. The zero-order valence-electron chi connectivity index (χ0n) is 12.0. The molecule has 0 saturated carbocycles. The molecule has 1 aromatic carbocycles. The highest BCUT2D eigenvalue weighted by Gasteiger charge is 2.12. The lowest BCUT2D eigenvalue weighted by atomic mass is 10.0. The molecule has 0 radical (unpaired) electrons. The lowest BCUT2D eigenvalue weighted by molar-refractivity contribution is 0.334. The van der Waals surface area contributed by atoms with Crippen LogP contribution in [0.1, 0.15) is 45.7 Å². The maximum Gasteiger partial charge on any atom is 0.122 e. The van der Waals surface area contributed by atoms with Crippen molar-refractivity contribution in [2.24, 2.45) is 0 Å². The third-order valence-corrected chi connectivity index (χ3v) is 2.40. The number of nitrogens with one attached hydrogen (secondary N) is 1. The van der Waals surface area contributed by atoms with E-state index in [9.17, 15) is 0 Å². The lowest BCUT2D eigenvalue weighted by Gasteiger charge is -2.19. The smallest absolute Gasteiger partial charge is 0.122 e. The first-order valence-corrected chi connectivity index (χ1v) is 6.86. The van der Waals surface area contributed by atoms with Crippen molar-refractivity contribution >= 4 is 0 Å². The average Bonchev–Trinajstić information content (AvgIpc) is 2.44. The number of fused-ring (bicyclic) bond motifs is 1. The second-order valence-corrected chi connectivity index (χ2v) is 3.25. The number of hydrogen-bond acceptors (Lipinski definition) is 2. The molecule has 0 spiro atoms. The quantitative estimate of drug-likeness (QED) is 0.845. The summed E-state index contributed by atoms with van der Waals surface area (Å²) in [6.07, 6.45) is 1.09. The summed E-state index contributed by atoms with van der Waals surface area (Å²) >= 11 is 0. The van der Waals surface area contributed by atoms with Gasteiger partial charge in [-0.3, -0.25) is 0 Å². The molecule has 1 N–H and O–H groups in total. The summed E-state index contributed by atoms with van der Waals surface area (Å²) in [5, 5.41) is 3.35. The molecule has 98 valence electrons. The maximum atomic E-state index is 5.58. The Morgan fingerprint density at radius 2 is 1.88 bits per heavy atom. The average molecular weight is 237 g/mol. The molecule has 0 aliphatic carbocycles. The van der Waals surface area contributed by atoms with Crippen LogP contribution in [0.25, 0.3) is 0 Å². The molecule has 2 nitrogen and oxygen atoms in total. The van der Waals surface area contributed by atoms with Crippen LogP contribution in [0.5, 0.6) is 5.75 Å². The highest BCUT2D eigenvalue weighted by Crippen LogP contribution is 2.24. The van der Waals surface area contributed by atoms with E-state index < -0.39 is 0 Å². The lowest BCUT2D eigenvalue weighted by Crippen LogP contribution is -2.24. The molecule has 1 heterocycles. The molecule has 1 aromatic rings. The number of benzene rings is 1. The first-order valence-electron chi connectivity index (χ1n) is 6.86. The summed E-state index contributed by atoms with van der Waals surface area (Å²) in [4.78, 5) is 0. The Kier molecular flexibility index (Phi) is 9.55. The van der Waals surface area contributed by atoms with Gasteiger partial charge >= 0.3 is 0 Å². The molecule has 2 heteroatoms. The third-order valence-electron chi connectivity index (χ3n) is 2.40. The molecule has 1 aliphatic rings. The van der Waals surface area contributed by atoms with Gasteiger partial charge in [-0.15, -0.1) is 0 Å². The van der Waals surface area contributed by atoms with Crippen LogP contribution >= 0.6 is 0 Å². The summed E-state index contributed by atoms with van der Waals surface area (Å²) in [7, 11) is 0. The SMILES string of the molecule is CC.CC.CCOc1cccc2c1CCNC2. The van der Waals surface area contributed by atoms with E-state index in [1.54, 1.807) is 0 Å². The topological polar surface area (TPSA) is 21.3 Å². The van der Waals surface area contributed by atoms with Gasteiger partial charge in [-0.25, -0.2) is 0 Å². The second-order valence-electron chi connectivity index (χ2n) is 3.25. The molecular weight excluding hydrogens is 210 g/mol. The minimum atomic E-state index is 0.754. The molecule has 0 unspecified atom stereocenters. The molecule has 17 heavy (non-hydrogen) atoms. The summed E-state index contributed by atoms with van der Waals surface area (Å²) in [6.45, 7) is 12.8. The van der Waals surface area contributed by atoms with Crippen LogP contribution in [0.3, 0.4) is 0 Å². The van der Waals surface area contributed by atoms with Crippen LogP contribution < -0.4 is 10.1 Å². The van der Waals surface area contributed by atoms with Crippen LogP contribution in [-0.2, 0) is 13.0 Å². The Hall–Kier alpha value is -1.02. The highest BCUT2D eigenvalue weighted by atomic mass is 16.5. The van der Waals surface area contributed by atoms with Crippen molar-refractivity contribution in [3.05, 3.63) is 29.3 Å². The van der Waals surface area contributed by atoms with Crippen molar-refractivity contribution in [1.29, 1.82) is 0 Å². The standard InChI is InChI=1S/C11H15NO.2C2H6/c1-2-13-11-5-3-4-9-8-12-7-6-10(9)11;2*1-2/h3-5,12H,2,6-8H2,1H3;2*1-2H3. The van der Waals surface area contributed by atoms with Crippen molar-refractivity contribution in [3.63, 3.8) is 0 Å². The van der Waals surface area contributed by atoms with Crippen LogP contribution in [0.15, 0.2) is 18.2 Å². The molecule has 0 atom stereocenters. The Morgan fingerprint density at radius 3 is 2.53 bits per heavy atom. The van der Waals surface area contributed by atoms with E-state index >= 15 is 0 Å². The first kappa shape index (κ1) is 16.0. The maximum absolute atomic E-state index is 5.58. The van der Waals surface area contributed by atoms with Gasteiger partial charge in [-0.1, -0.05) is 39.8 Å². The van der Waals surface area contributed by atoms with Crippen molar-refractivity contribution in [1.82, 2.24) is 5.32 Å². The van der Waals surface area contributed by atoms with Gasteiger partial charge in [-0.2, -0.15) is 0 Å². The third kappa shape index (κ3) is 4.78. The fraction of sp³-hybridized carbons (Fsp3) is 0.600. The van der Waals surface area contributed by atoms with Crippen LogP contribution in [0.4, 0.5) is 0 Å². The number of rotatable bonds is 2. The van der Waals surface area contributed by atoms with Crippen molar-refractivity contribution in [3.8, 4) is 5.75 Å². The van der Waals surface area contributed by atoms with Crippen molar-refractivity contribution in [2.45, 2.75) is 47.6 Å². The van der Waals surface area contributed by atoms with E-state index in [1.807, 2.05) is 34.6 Å². The Balaban J connectivity index is 0.000000581. The molecular formula is C15H27NO. The van der Waals surface area contributed by atoms with Crippen LogP contribution in [0, 0.1) is 0 Å². The molecule has 0 aromatic heterocycles. The Labute approximate surface area is 106 Å². The van der Waals surface area contributed by atoms with Gasteiger partial charge in [0.2, 0.25) is 0 Å². The minimum Gasteiger partial charge on any atom is -0.494 e. The molecule has 0 amide bonds. The fourth-order valence-electron chi connectivity index (χ4n) is 1.79. The highest BCUT2D eigenvalue weighted by molar-refractivity contribution is 5.41. The van der Waals surface area contributed by atoms with Gasteiger partial charge in [0.15, 0.2) is 0 Å². The molecule has 0 fully saturated rings. The largest absolute Gasteiger partial charge is 0.494 e. The van der Waals surface area contributed by atoms with Crippen LogP contribution in [-0.4, -0.2) is 13.2 Å². The van der Waals surface area contributed by atoms with E-state index in [0.717, 1.165) is 31.9 Å². The molecule has 0 saturated heterocycles. The van der Waals surface area contributed by atoms with Gasteiger partial charge in [0, 0.05) is 6.54 Å². The van der Waals surface area contributed by atoms with Crippen molar-refractivity contribution in [2.75, 3.05) is 13.2 Å². The number of ether oxygens (including phenoxy) is 1.